The third-order valence-electron chi connectivity index (χ3n) is 4.63. The van der Waals surface area contributed by atoms with Crippen LogP contribution in [0, 0.1) is 13.8 Å². The second kappa shape index (κ2) is 9.45. The predicted molar refractivity (Wildman–Crippen MR) is 128 cm³/mol. The molecule has 156 valence electrons. The van der Waals surface area contributed by atoms with E-state index in [1.54, 1.807) is 12.4 Å². The minimum absolute atomic E-state index is 0.0975. The zero-order valence-corrected chi connectivity index (χ0v) is 19.4. The summed E-state index contributed by atoms with van der Waals surface area (Å²) in [5, 5.41) is 12.4. The molecule has 2 aromatic heterocycles. The van der Waals surface area contributed by atoms with E-state index in [-0.39, 0.29) is 11.7 Å². The predicted octanol–water partition coefficient (Wildman–Crippen LogP) is 5.44. The van der Waals surface area contributed by atoms with Gasteiger partial charge in [0.1, 0.15) is 0 Å². The number of aryl methyl sites for hydroxylation is 2. The number of anilines is 1. The summed E-state index contributed by atoms with van der Waals surface area (Å²) < 4.78 is 2.96. The first-order chi connectivity index (χ1) is 15.0. The van der Waals surface area contributed by atoms with E-state index in [1.165, 1.54) is 11.8 Å². The van der Waals surface area contributed by atoms with E-state index in [2.05, 4.69) is 42.5 Å². The lowest BCUT2D eigenvalue weighted by atomic mass is 10.2. The molecule has 0 aliphatic carbocycles. The molecule has 4 aromatic rings. The van der Waals surface area contributed by atoms with Gasteiger partial charge in [-0.1, -0.05) is 39.8 Å². The Balaban J connectivity index is 1.59. The fourth-order valence-electron chi connectivity index (χ4n) is 3.13. The van der Waals surface area contributed by atoms with Gasteiger partial charge in [0.05, 0.1) is 5.75 Å². The Kier molecular flexibility index (Phi) is 6.48. The molecule has 0 spiro atoms. The second-order valence-electron chi connectivity index (χ2n) is 7.01. The van der Waals surface area contributed by atoms with Gasteiger partial charge in [0.15, 0.2) is 11.0 Å². The molecule has 8 heteroatoms. The van der Waals surface area contributed by atoms with Crippen molar-refractivity contribution in [2.24, 2.45) is 0 Å². The number of halogens is 1. The Morgan fingerprint density at radius 1 is 1.06 bits per heavy atom. The van der Waals surface area contributed by atoms with Crippen molar-refractivity contribution < 1.29 is 4.79 Å². The normalized spacial score (nSPS) is 10.8. The molecular weight excluding hydrogens is 474 g/mol. The van der Waals surface area contributed by atoms with E-state index < -0.39 is 0 Å². The van der Waals surface area contributed by atoms with Gasteiger partial charge in [0.25, 0.3) is 0 Å². The number of hydrogen-bond acceptors (Lipinski definition) is 5. The number of hydrogen-bond donors (Lipinski definition) is 1. The largest absolute Gasteiger partial charge is 0.325 e. The molecule has 2 heterocycles. The SMILES string of the molecule is Cc1cccc(-n2c(SCC(=O)Nc3ccc(Br)cc3C)nnc2-c2ccncc2)c1. The number of pyridine rings is 1. The average molecular weight is 494 g/mol. The van der Waals surface area contributed by atoms with Crippen LogP contribution in [0.5, 0.6) is 0 Å². The van der Waals surface area contributed by atoms with E-state index in [0.29, 0.717) is 11.0 Å². The van der Waals surface area contributed by atoms with E-state index in [0.717, 1.165) is 32.5 Å². The Hall–Kier alpha value is -2.97. The molecule has 1 N–H and O–H groups in total. The molecule has 0 unspecified atom stereocenters. The number of carbonyl (C=O) groups excluding carboxylic acids is 1. The third kappa shape index (κ3) is 5.03. The summed E-state index contributed by atoms with van der Waals surface area (Å²) in [6.45, 7) is 4.00. The molecule has 0 aliphatic rings. The van der Waals surface area contributed by atoms with Gasteiger partial charge in [-0.2, -0.15) is 0 Å². The standard InChI is InChI=1S/C23H20BrN5OS/c1-15-4-3-5-19(12-15)29-22(17-8-10-25-11-9-17)27-28-23(29)31-14-21(30)26-20-7-6-18(24)13-16(20)2/h3-13H,14H2,1-2H3,(H,26,30). The minimum Gasteiger partial charge on any atom is -0.325 e. The third-order valence-corrected chi connectivity index (χ3v) is 6.05. The van der Waals surface area contributed by atoms with Crippen LogP contribution < -0.4 is 5.32 Å². The first-order valence-electron chi connectivity index (χ1n) is 9.63. The molecule has 31 heavy (non-hydrogen) atoms. The van der Waals surface area contributed by atoms with Crippen LogP contribution in [0.15, 0.2) is 76.6 Å². The zero-order chi connectivity index (χ0) is 21.8. The van der Waals surface area contributed by atoms with E-state index in [4.69, 9.17) is 0 Å². The van der Waals surface area contributed by atoms with Crippen LogP contribution in [-0.2, 0) is 4.79 Å². The highest BCUT2D eigenvalue weighted by Gasteiger charge is 2.17. The second-order valence-corrected chi connectivity index (χ2v) is 8.87. The summed E-state index contributed by atoms with van der Waals surface area (Å²) in [7, 11) is 0. The van der Waals surface area contributed by atoms with Crippen LogP contribution in [0.2, 0.25) is 0 Å². The maximum Gasteiger partial charge on any atom is 0.234 e. The van der Waals surface area contributed by atoms with Crippen LogP contribution in [0.1, 0.15) is 11.1 Å². The fourth-order valence-corrected chi connectivity index (χ4v) is 4.36. The van der Waals surface area contributed by atoms with Crippen molar-refractivity contribution in [3.8, 4) is 17.1 Å². The topological polar surface area (TPSA) is 72.7 Å². The summed E-state index contributed by atoms with van der Waals surface area (Å²) in [6, 6.07) is 17.7. The highest BCUT2D eigenvalue weighted by Crippen LogP contribution is 2.28. The van der Waals surface area contributed by atoms with Crippen molar-refractivity contribution >= 4 is 39.3 Å². The highest BCUT2D eigenvalue weighted by atomic mass is 79.9. The number of benzene rings is 2. The van der Waals surface area contributed by atoms with Gasteiger partial charge in [-0.3, -0.25) is 14.3 Å². The van der Waals surface area contributed by atoms with Crippen LogP contribution in [0.4, 0.5) is 5.69 Å². The summed E-state index contributed by atoms with van der Waals surface area (Å²) in [6.07, 6.45) is 3.46. The molecule has 0 radical (unpaired) electrons. The highest BCUT2D eigenvalue weighted by molar-refractivity contribution is 9.10. The molecule has 0 atom stereocenters. The molecule has 4 rings (SSSR count). The lowest BCUT2D eigenvalue weighted by Gasteiger charge is -2.12. The van der Waals surface area contributed by atoms with Crippen LogP contribution >= 0.6 is 27.7 Å². The molecule has 0 saturated heterocycles. The molecule has 0 aliphatic heterocycles. The van der Waals surface area contributed by atoms with E-state index in [1.807, 2.05) is 66.9 Å². The summed E-state index contributed by atoms with van der Waals surface area (Å²) in [5.41, 5.74) is 4.78. The number of thioether (sulfide) groups is 1. The first kappa shape index (κ1) is 21.3. The maximum absolute atomic E-state index is 12.6. The summed E-state index contributed by atoms with van der Waals surface area (Å²) in [5.74, 6) is 0.829. The lowest BCUT2D eigenvalue weighted by Crippen LogP contribution is -2.15. The van der Waals surface area contributed by atoms with Crippen molar-refractivity contribution in [3.05, 3.63) is 82.6 Å². The molecular formula is C23H20BrN5OS. The van der Waals surface area contributed by atoms with Gasteiger partial charge >= 0.3 is 0 Å². The van der Waals surface area contributed by atoms with Crippen LogP contribution in [0.3, 0.4) is 0 Å². The van der Waals surface area contributed by atoms with Crippen molar-refractivity contribution in [3.63, 3.8) is 0 Å². The monoisotopic (exact) mass is 493 g/mol. The molecule has 0 fully saturated rings. The van der Waals surface area contributed by atoms with Crippen molar-refractivity contribution in [2.75, 3.05) is 11.1 Å². The average Bonchev–Trinajstić information content (AvgIpc) is 3.19. The lowest BCUT2D eigenvalue weighted by molar-refractivity contribution is -0.113. The Labute approximate surface area is 193 Å². The Morgan fingerprint density at radius 2 is 1.87 bits per heavy atom. The first-order valence-corrected chi connectivity index (χ1v) is 11.4. The van der Waals surface area contributed by atoms with E-state index >= 15 is 0 Å². The van der Waals surface area contributed by atoms with E-state index in [9.17, 15) is 4.79 Å². The van der Waals surface area contributed by atoms with Crippen molar-refractivity contribution in [1.82, 2.24) is 19.7 Å². The number of aromatic nitrogens is 4. The van der Waals surface area contributed by atoms with Crippen molar-refractivity contribution in [2.45, 2.75) is 19.0 Å². The zero-order valence-electron chi connectivity index (χ0n) is 17.0. The quantitative estimate of drug-likeness (QED) is 0.362. The molecule has 0 bridgehead atoms. The van der Waals surface area contributed by atoms with Crippen molar-refractivity contribution in [1.29, 1.82) is 0 Å². The van der Waals surface area contributed by atoms with Crippen LogP contribution in [-0.4, -0.2) is 31.4 Å². The van der Waals surface area contributed by atoms with Gasteiger partial charge in [0, 0.05) is 33.8 Å². The van der Waals surface area contributed by atoms with Gasteiger partial charge in [-0.05, 0) is 67.4 Å². The van der Waals surface area contributed by atoms with Crippen LogP contribution in [0.25, 0.3) is 17.1 Å². The number of nitrogens with one attached hydrogen (secondary N) is 1. The van der Waals surface area contributed by atoms with Gasteiger partial charge in [-0.25, -0.2) is 0 Å². The maximum atomic E-state index is 12.6. The molecule has 1 amide bonds. The number of nitrogens with zero attached hydrogens (tertiary/aromatic N) is 4. The number of carbonyl (C=O) groups is 1. The molecule has 0 saturated carbocycles. The van der Waals surface area contributed by atoms with Gasteiger partial charge in [0.2, 0.25) is 5.91 Å². The number of rotatable bonds is 6. The smallest absolute Gasteiger partial charge is 0.234 e. The summed E-state index contributed by atoms with van der Waals surface area (Å²) >= 11 is 4.79. The van der Waals surface area contributed by atoms with Gasteiger partial charge in [-0.15, -0.1) is 10.2 Å². The Morgan fingerprint density at radius 3 is 2.61 bits per heavy atom. The summed E-state index contributed by atoms with van der Waals surface area (Å²) in [4.78, 5) is 16.7. The Bertz CT molecular complexity index is 1230. The minimum atomic E-state index is -0.0975. The fraction of sp³-hybridized carbons (Fsp3) is 0.130. The number of amides is 1. The van der Waals surface area contributed by atoms with Gasteiger partial charge < -0.3 is 5.32 Å². The molecule has 2 aromatic carbocycles. The molecule has 6 nitrogen and oxygen atoms in total.